The van der Waals surface area contributed by atoms with E-state index in [1.165, 1.54) is 17.3 Å². The Morgan fingerprint density at radius 1 is 0.966 bits per heavy atom. The molecule has 0 saturated carbocycles. The molecule has 0 aliphatic rings. The Bertz CT molecular complexity index is 966. The molecule has 0 aromatic heterocycles. The van der Waals surface area contributed by atoms with Gasteiger partial charge >= 0.3 is 0 Å². The molecule has 3 aromatic rings. The van der Waals surface area contributed by atoms with Crippen LogP contribution in [0.15, 0.2) is 72.8 Å². The summed E-state index contributed by atoms with van der Waals surface area (Å²) in [4.78, 5) is 12.4. The number of rotatable bonds is 8. The predicted octanol–water partition coefficient (Wildman–Crippen LogP) is 5.76. The van der Waals surface area contributed by atoms with Crippen molar-refractivity contribution in [1.82, 2.24) is 5.32 Å². The lowest BCUT2D eigenvalue weighted by Gasteiger charge is -2.21. The molecule has 1 amide bonds. The van der Waals surface area contributed by atoms with Crippen molar-refractivity contribution >= 4 is 46.6 Å². The van der Waals surface area contributed by atoms with Crippen LogP contribution in [-0.4, -0.2) is 18.2 Å². The smallest absolute Gasteiger partial charge is 0.230 e. The molecular formula is C23H22Cl2N2OS. The minimum Gasteiger partial charge on any atom is -0.398 e. The second kappa shape index (κ2) is 10.6. The number of carbonyl (C=O) groups excluding carboxylic acids is 1. The van der Waals surface area contributed by atoms with Crippen LogP contribution >= 0.6 is 35.0 Å². The van der Waals surface area contributed by atoms with Gasteiger partial charge in [-0.25, -0.2) is 0 Å². The lowest BCUT2D eigenvalue weighted by Crippen LogP contribution is -2.27. The molecule has 6 heteroatoms. The molecule has 0 aliphatic heterocycles. The average Bonchev–Trinajstić information content (AvgIpc) is 2.72. The van der Waals surface area contributed by atoms with E-state index in [0.29, 0.717) is 22.3 Å². The molecule has 3 N–H and O–H groups in total. The molecule has 1 unspecified atom stereocenters. The second-order valence-electron chi connectivity index (χ2n) is 6.57. The summed E-state index contributed by atoms with van der Waals surface area (Å²) in [5.74, 6) is 0.264. The van der Waals surface area contributed by atoms with Gasteiger partial charge in [-0.15, -0.1) is 11.8 Å². The Hall–Kier alpha value is -2.14. The van der Waals surface area contributed by atoms with Crippen molar-refractivity contribution in [2.45, 2.75) is 11.7 Å². The van der Waals surface area contributed by atoms with Crippen molar-refractivity contribution in [2.75, 3.05) is 18.0 Å². The highest BCUT2D eigenvalue weighted by molar-refractivity contribution is 8.00. The summed E-state index contributed by atoms with van der Waals surface area (Å²) < 4.78 is 0. The van der Waals surface area contributed by atoms with Crippen LogP contribution in [-0.2, 0) is 11.2 Å². The highest BCUT2D eigenvalue weighted by Gasteiger charge is 2.21. The van der Waals surface area contributed by atoms with Gasteiger partial charge in [0.15, 0.2) is 0 Å². The van der Waals surface area contributed by atoms with Crippen molar-refractivity contribution in [3.8, 4) is 0 Å². The van der Waals surface area contributed by atoms with E-state index < -0.39 is 0 Å². The summed E-state index contributed by atoms with van der Waals surface area (Å²) in [5.41, 5.74) is 9.79. The zero-order chi connectivity index (χ0) is 20.6. The van der Waals surface area contributed by atoms with Crippen LogP contribution in [0.4, 0.5) is 5.69 Å². The molecule has 29 heavy (non-hydrogen) atoms. The molecule has 0 saturated heterocycles. The topological polar surface area (TPSA) is 55.1 Å². The number of hydrogen-bond acceptors (Lipinski definition) is 3. The average molecular weight is 445 g/mol. The number of halogens is 2. The first-order chi connectivity index (χ1) is 14.0. The van der Waals surface area contributed by atoms with E-state index >= 15 is 0 Å². The van der Waals surface area contributed by atoms with Gasteiger partial charge in [0.2, 0.25) is 5.91 Å². The highest BCUT2D eigenvalue weighted by Crippen LogP contribution is 2.42. The lowest BCUT2D eigenvalue weighted by atomic mass is 10.0. The van der Waals surface area contributed by atoms with Gasteiger partial charge in [-0.05, 0) is 47.4 Å². The lowest BCUT2D eigenvalue weighted by molar-refractivity contribution is -0.118. The number of nitrogen functional groups attached to an aromatic ring is 1. The van der Waals surface area contributed by atoms with Gasteiger partial charge in [-0.3, -0.25) is 4.79 Å². The fraction of sp³-hybridized carbons (Fsp3) is 0.174. The number of anilines is 1. The van der Waals surface area contributed by atoms with Crippen LogP contribution in [0.3, 0.4) is 0 Å². The normalized spacial score (nSPS) is 11.8. The molecule has 150 valence electrons. The minimum atomic E-state index is -0.192. The molecule has 0 fully saturated rings. The van der Waals surface area contributed by atoms with E-state index in [4.69, 9.17) is 28.9 Å². The number of nitrogens with one attached hydrogen (secondary N) is 1. The maximum atomic E-state index is 12.4. The Balaban J connectivity index is 1.68. The number of thioether (sulfide) groups is 1. The second-order valence-corrected chi connectivity index (χ2v) is 8.51. The van der Waals surface area contributed by atoms with Gasteiger partial charge in [-0.1, -0.05) is 71.7 Å². The molecule has 3 rings (SSSR count). The number of amides is 1. The first-order valence-corrected chi connectivity index (χ1v) is 11.1. The fourth-order valence-electron chi connectivity index (χ4n) is 3.01. The number of carbonyl (C=O) groups is 1. The summed E-state index contributed by atoms with van der Waals surface area (Å²) in [6.45, 7) is 0.597. The first-order valence-electron chi connectivity index (χ1n) is 9.26. The summed E-state index contributed by atoms with van der Waals surface area (Å²) in [5, 5.41) is 4.02. The van der Waals surface area contributed by atoms with Gasteiger partial charge < -0.3 is 11.1 Å². The van der Waals surface area contributed by atoms with Crippen molar-refractivity contribution in [1.29, 1.82) is 0 Å². The number of benzene rings is 3. The molecule has 3 aromatic carbocycles. The Labute approximate surface area is 185 Å². The Kier molecular flexibility index (Phi) is 7.87. The summed E-state index contributed by atoms with van der Waals surface area (Å²) in [6, 6.07) is 23.0. The third kappa shape index (κ3) is 6.17. The summed E-state index contributed by atoms with van der Waals surface area (Å²) >= 11 is 14.1. The molecule has 0 heterocycles. The standard InChI is InChI=1S/C23H22Cl2N2OS/c24-17-10-11-21(26)19(14-17)23(18-8-4-5-9-20(18)25)29-15-22(28)27-13-12-16-6-2-1-3-7-16/h1-11,14,23H,12-13,15,26H2,(H,27,28). The molecule has 0 bridgehead atoms. The van der Waals surface area contributed by atoms with E-state index in [2.05, 4.69) is 17.4 Å². The molecule has 1 atom stereocenters. The van der Waals surface area contributed by atoms with Gasteiger partial charge in [0.1, 0.15) is 0 Å². The largest absolute Gasteiger partial charge is 0.398 e. The zero-order valence-electron chi connectivity index (χ0n) is 15.8. The van der Waals surface area contributed by atoms with Crippen molar-refractivity contribution in [2.24, 2.45) is 0 Å². The molecule has 3 nitrogen and oxygen atoms in total. The quantitative estimate of drug-likeness (QED) is 0.434. The predicted molar refractivity (Wildman–Crippen MR) is 125 cm³/mol. The van der Waals surface area contributed by atoms with Crippen molar-refractivity contribution in [3.63, 3.8) is 0 Å². The number of hydrogen-bond donors (Lipinski definition) is 2. The fourth-order valence-corrected chi connectivity index (χ4v) is 4.69. The van der Waals surface area contributed by atoms with Gasteiger partial charge in [0.25, 0.3) is 0 Å². The van der Waals surface area contributed by atoms with Crippen molar-refractivity contribution < 1.29 is 4.79 Å². The van der Waals surface area contributed by atoms with E-state index in [9.17, 15) is 4.79 Å². The molecule has 0 spiro atoms. The van der Waals surface area contributed by atoms with E-state index in [1.54, 1.807) is 12.1 Å². The third-order valence-corrected chi connectivity index (χ3v) is 6.33. The van der Waals surface area contributed by atoms with Crippen LogP contribution in [0.2, 0.25) is 10.0 Å². The Morgan fingerprint density at radius 2 is 1.69 bits per heavy atom. The summed E-state index contributed by atoms with van der Waals surface area (Å²) in [7, 11) is 0. The monoisotopic (exact) mass is 444 g/mol. The van der Waals surface area contributed by atoms with Crippen molar-refractivity contribution in [3.05, 3.63) is 99.5 Å². The zero-order valence-corrected chi connectivity index (χ0v) is 18.1. The van der Waals surface area contributed by atoms with Gasteiger partial charge in [-0.2, -0.15) is 0 Å². The van der Waals surface area contributed by atoms with Gasteiger partial charge in [0.05, 0.1) is 11.0 Å². The van der Waals surface area contributed by atoms with Crippen LogP contribution in [0.1, 0.15) is 21.9 Å². The van der Waals surface area contributed by atoms with Crippen LogP contribution in [0.5, 0.6) is 0 Å². The highest BCUT2D eigenvalue weighted by atomic mass is 35.5. The number of nitrogens with two attached hydrogens (primary N) is 1. The molecule has 0 radical (unpaired) electrons. The van der Waals surface area contributed by atoms with Crippen LogP contribution < -0.4 is 11.1 Å². The SMILES string of the molecule is Nc1ccc(Cl)cc1C(SCC(=O)NCCc1ccccc1)c1ccccc1Cl. The Morgan fingerprint density at radius 3 is 2.45 bits per heavy atom. The maximum Gasteiger partial charge on any atom is 0.230 e. The van der Waals surface area contributed by atoms with E-state index in [0.717, 1.165) is 17.5 Å². The van der Waals surface area contributed by atoms with Crippen LogP contribution in [0.25, 0.3) is 0 Å². The van der Waals surface area contributed by atoms with Gasteiger partial charge in [0, 0.05) is 22.3 Å². The van der Waals surface area contributed by atoms with Crippen LogP contribution in [0, 0.1) is 0 Å². The maximum absolute atomic E-state index is 12.4. The van der Waals surface area contributed by atoms with E-state index in [1.807, 2.05) is 48.5 Å². The molecule has 0 aliphatic carbocycles. The first kappa shape index (κ1) is 21.6. The van der Waals surface area contributed by atoms with E-state index in [-0.39, 0.29) is 16.9 Å². The minimum absolute atomic E-state index is 0.0245. The summed E-state index contributed by atoms with van der Waals surface area (Å²) in [6.07, 6.45) is 0.798. The molecular weight excluding hydrogens is 423 g/mol. The third-order valence-electron chi connectivity index (χ3n) is 4.48.